The lowest BCUT2D eigenvalue weighted by molar-refractivity contribution is 0.488. The van der Waals surface area contributed by atoms with Crippen LogP contribution in [0.15, 0.2) is 182 Å². The summed E-state index contributed by atoms with van der Waals surface area (Å²) in [6.07, 6.45) is 0. The van der Waals surface area contributed by atoms with E-state index >= 15 is 0 Å². The van der Waals surface area contributed by atoms with Gasteiger partial charge in [0.05, 0.1) is 0 Å². The van der Waals surface area contributed by atoms with Gasteiger partial charge < -0.3 is 4.74 Å². The van der Waals surface area contributed by atoms with Crippen LogP contribution in [0.4, 0.5) is 0 Å². The Balaban J connectivity index is 1.14. The van der Waals surface area contributed by atoms with E-state index < -0.39 is 0 Å². The van der Waals surface area contributed by atoms with E-state index in [0.29, 0.717) is 0 Å². The molecule has 10 rings (SSSR count). The highest BCUT2D eigenvalue weighted by Crippen LogP contribution is 2.51. The van der Waals surface area contributed by atoms with Crippen LogP contribution in [0.1, 0.15) is 0 Å². The van der Waals surface area contributed by atoms with E-state index in [1.807, 2.05) is 0 Å². The SMILES string of the molecule is c1ccc(-c2ccc3c(c2)-c2ccccc2-c2cc(-c4ccc5c(c4)-c4ccccc4-c4ccccc4-c4ccccc4-5)ccc2O3)cc1. The molecule has 8 aromatic carbocycles. The van der Waals surface area contributed by atoms with Crippen molar-refractivity contribution in [2.45, 2.75) is 0 Å². The van der Waals surface area contributed by atoms with Crippen molar-refractivity contribution in [3.8, 4) is 101 Å². The fraction of sp³-hybridized carbons (Fsp3) is 0. The van der Waals surface area contributed by atoms with Crippen LogP contribution in [-0.4, -0.2) is 0 Å². The molecule has 2 aliphatic rings. The zero-order valence-corrected chi connectivity index (χ0v) is 26.7. The number of ether oxygens (including phenoxy) is 1. The summed E-state index contributed by atoms with van der Waals surface area (Å²) in [4.78, 5) is 0. The molecule has 1 heterocycles. The second-order valence-electron chi connectivity index (χ2n) is 12.8. The van der Waals surface area contributed by atoms with Crippen molar-refractivity contribution < 1.29 is 4.74 Å². The topological polar surface area (TPSA) is 9.23 Å². The first kappa shape index (κ1) is 27.7. The van der Waals surface area contributed by atoms with E-state index in [1.165, 1.54) is 72.3 Å². The van der Waals surface area contributed by atoms with Crippen molar-refractivity contribution >= 4 is 0 Å². The molecule has 0 aromatic heterocycles. The fourth-order valence-electron chi connectivity index (χ4n) is 7.76. The Morgan fingerprint density at radius 2 is 0.510 bits per heavy atom. The lowest BCUT2D eigenvalue weighted by atomic mass is 9.80. The second kappa shape index (κ2) is 11.1. The zero-order chi connectivity index (χ0) is 32.3. The van der Waals surface area contributed by atoms with Crippen LogP contribution in [0.3, 0.4) is 0 Å². The third kappa shape index (κ3) is 4.47. The molecule has 0 fully saturated rings. The van der Waals surface area contributed by atoms with Gasteiger partial charge in [-0.2, -0.15) is 0 Å². The molecule has 1 aliphatic carbocycles. The fourth-order valence-corrected chi connectivity index (χ4v) is 7.76. The highest BCUT2D eigenvalue weighted by Gasteiger charge is 2.24. The van der Waals surface area contributed by atoms with Gasteiger partial charge in [0.15, 0.2) is 0 Å². The lowest BCUT2D eigenvalue weighted by Crippen LogP contribution is -1.97. The summed E-state index contributed by atoms with van der Waals surface area (Å²) in [5.74, 6) is 1.74. The van der Waals surface area contributed by atoms with Gasteiger partial charge >= 0.3 is 0 Å². The van der Waals surface area contributed by atoms with Crippen molar-refractivity contribution in [3.05, 3.63) is 182 Å². The van der Waals surface area contributed by atoms with Crippen molar-refractivity contribution in [2.24, 2.45) is 0 Å². The Bertz CT molecular complexity index is 2570. The number of hydrogen-bond acceptors (Lipinski definition) is 1. The van der Waals surface area contributed by atoms with Crippen LogP contribution < -0.4 is 4.74 Å². The lowest BCUT2D eigenvalue weighted by Gasteiger charge is -2.23. The maximum absolute atomic E-state index is 6.71. The first-order valence-electron chi connectivity index (χ1n) is 16.8. The molecule has 0 amide bonds. The largest absolute Gasteiger partial charge is 0.456 e. The van der Waals surface area contributed by atoms with E-state index in [-0.39, 0.29) is 0 Å². The smallest absolute Gasteiger partial charge is 0.135 e. The molecule has 0 N–H and O–H groups in total. The maximum atomic E-state index is 6.71. The predicted molar refractivity (Wildman–Crippen MR) is 204 cm³/mol. The Labute approximate surface area is 286 Å². The summed E-state index contributed by atoms with van der Waals surface area (Å²) < 4.78 is 6.71. The number of fused-ring (bicyclic) bond motifs is 13. The van der Waals surface area contributed by atoms with Gasteiger partial charge in [-0.15, -0.1) is 0 Å². The first-order chi connectivity index (χ1) is 24.3. The molecule has 0 unspecified atom stereocenters. The summed E-state index contributed by atoms with van der Waals surface area (Å²) in [5, 5.41) is 0. The quantitative estimate of drug-likeness (QED) is 0.186. The predicted octanol–water partition coefficient (Wildman–Crippen LogP) is 13.4. The van der Waals surface area contributed by atoms with Gasteiger partial charge in [-0.1, -0.05) is 152 Å². The molecule has 1 heteroatoms. The van der Waals surface area contributed by atoms with Crippen molar-refractivity contribution in [2.75, 3.05) is 0 Å². The summed E-state index contributed by atoms with van der Waals surface area (Å²) >= 11 is 0. The second-order valence-corrected chi connectivity index (χ2v) is 12.8. The van der Waals surface area contributed by atoms with Crippen molar-refractivity contribution in [3.63, 3.8) is 0 Å². The van der Waals surface area contributed by atoms with Gasteiger partial charge in [-0.05, 0) is 108 Å². The monoisotopic (exact) mass is 622 g/mol. The average Bonchev–Trinajstić information content (AvgIpc) is 3.31. The number of hydrogen-bond donors (Lipinski definition) is 0. The molecule has 0 bridgehead atoms. The number of rotatable bonds is 2. The summed E-state index contributed by atoms with van der Waals surface area (Å²) in [6, 6.07) is 65.8. The third-order valence-electron chi connectivity index (χ3n) is 10.1. The summed E-state index contributed by atoms with van der Waals surface area (Å²) in [7, 11) is 0. The van der Waals surface area contributed by atoms with E-state index in [0.717, 1.165) is 28.2 Å². The average molecular weight is 623 g/mol. The molecule has 228 valence electrons. The Morgan fingerprint density at radius 1 is 0.204 bits per heavy atom. The molecule has 0 saturated heterocycles. The Morgan fingerprint density at radius 3 is 0.959 bits per heavy atom. The highest BCUT2D eigenvalue weighted by atomic mass is 16.5. The van der Waals surface area contributed by atoms with E-state index in [1.54, 1.807) is 0 Å². The Kier molecular flexibility index (Phi) is 6.25. The minimum atomic E-state index is 0.865. The van der Waals surface area contributed by atoms with Gasteiger partial charge in [0.1, 0.15) is 11.5 Å². The molecule has 0 atom stereocenters. The molecule has 49 heavy (non-hydrogen) atoms. The molecular formula is C48H30O. The van der Waals surface area contributed by atoms with Crippen molar-refractivity contribution in [1.82, 2.24) is 0 Å². The molecule has 8 aromatic rings. The molecule has 1 nitrogen and oxygen atoms in total. The van der Waals surface area contributed by atoms with Crippen LogP contribution in [-0.2, 0) is 0 Å². The van der Waals surface area contributed by atoms with E-state index in [4.69, 9.17) is 4.74 Å². The molecule has 0 saturated carbocycles. The Hall–Kier alpha value is -6.44. The molecular weight excluding hydrogens is 593 g/mol. The van der Waals surface area contributed by atoms with E-state index in [2.05, 4.69) is 182 Å². The molecule has 1 aliphatic heterocycles. The van der Waals surface area contributed by atoms with Crippen LogP contribution in [0.2, 0.25) is 0 Å². The highest BCUT2D eigenvalue weighted by molar-refractivity contribution is 6.04. The van der Waals surface area contributed by atoms with Gasteiger partial charge in [0.2, 0.25) is 0 Å². The van der Waals surface area contributed by atoms with Gasteiger partial charge in [-0.3, -0.25) is 0 Å². The van der Waals surface area contributed by atoms with Gasteiger partial charge in [-0.25, -0.2) is 0 Å². The van der Waals surface area contributed by atoms with Crippen LogP contribution in [0, 0.1) is 0 Å². The molecule has 0 spiro atoms. The maximum Gasteiger partial charge on any atom is 0.135 e. The van der Waals surface area contributed by atoms with Crippen molar-refractivity contribution in [1.29, 1.82) is 0 Å². The number of benzene rings is 8. The zero-order valence-electron chi connectivity index (χ0n) is 26.7. The van der Waals surface area contributed by atoms with Crippen LogP contribution >= 0.6 is 0 Å². The minimum absolute atomic E-state index is 0.865. The summed E-state index contributed by atoms with van der Waals surface area (Å²) in [5.41, 5.74) is 19.3. The summed E-state index contributed by atoms with van der Waals surface area (Å²) in [6.45, 7) is 0. The molecule has 0 radical (unpaired) electrons. The van der Waals surface area contributed by atoms with Crippen LogP contribution in [0.25, 0.3) is 89.0 Å². The van der Waals surface area contributed by atoms with Crippen LogP contribution in [0.5, 0.6) is 11.5 Å². The van der Waals surface area contributed by atoms with Gasteiger partial charge in [0, 0.05) is 11.1 Å². The minimum Gasteiger partial charge on any atom is -0.456 e. The normalized spacial score (nSPS) is 11.8. The standard InChI is InChI=1S/C48H30O/c1-2-12-31(13-3-1)32-23-26-47-45(29-32)41-20-10-11-21-42(41)46-30-34(24-27-48(46)49-47)33-22-25-43-39-18-7-6-16-37(39)35-14-4-5-15-36(35)38-17-8-9-19-40(38)44(43)28-33/h1-30H. The van der Waals surface area contributed by atoms with E-state index in [9.17, 15) is 0 Å². The first-order valence-corrected chi connectivity index (χ1v) is 16.8. The van der Waals surface area contributed by atoms with Gasteiger partial charge in [0.25, 0.3) is 0 Å². The third-order valence-corrected chi connectivity index (χ3v) is 10.1.